The number of methoxy groups -OCH3 is 1. The van der Waals surface area contributed by atoms with Crippen molar-refractivity contribution in [3.05, 3.63) is 87.1 Å². The van der Waals surface area contributed by atoms with Crippen LogP contribution in [0.5, 0.6) is 11.5 Å². The summed E-state index contributed by atoms with van der Waals surface area (Å²) in [5.74, 6) is 1.32. The number of hydrogen-bond acceptors (Lipinski definition) is 5. The highest BCUT2D eigenvalue weighted by atomic mass is 32.1. The van der Waals surface area contributed by atoms with Gasteiger partial charge in [0.1, 0.15) is 18.1 Å². The van der Waals surface area contributed by atoms with Gasteiger partial charge >= 0.3 is 0 Å². The molecule has 5 rings (SSSR count). The lowest BCUT2D eigenvalue weighted by molar-refractivity contribution is -0.131. The highest BCUT2D eigenvalue weighted by Crippen LogP contribution is 2.46. The predicted molar refractivity (Wildman–Crippen MR) is 166 cm³/mol. The van der Waals surface area contributed by atoms with Crippen molar-refractivity contribution in [3.63, 3.8) is 0 Å². The lowest BCUT2D eigenvalue weighted by Gasteiger charge is -2.35. The maximum absolute atomic E-state index is 14.3. The van der Waals surface area contributed by atoms with Crippen LogP contribution in [0, 0.1) is 0 Å². The van der Waals surface area contributed by atoms with Gasteiger partial charge in [-0.2, -0.15) is 11.3 Å². The minimum absolute atomic E-state index is 0.0773. The number of fused-ring (bicyclic) bond motifs is 1. The Morgan fingerprint density at radius 3 is 2.78 bits per heavy atom. The van der Waals surface area contributed by atoms with Crippen molar-refractivity contribution < 1.29 is 19.4 Å². The number of thiophene rings is 1. The van der Waals surface area contributed by atoms with E-state index in [1.807, 2.05) is 48.7 Å². The van der Waals surface area contributed by atoms with Gasteiger partial charge in [-0.1, -0.05) is 13.0 Å². The highest BCUT2D eigenvalue weighted by molar-refractivity contribution is 7.08. The summed E-state index contributed by atoms with van der Waals surface area (Å²) < 4.78 is 14.2. The molecule has 0 bridgehead atoms. The largest absolute Gasteiger partial charge is 0.496 e. The fourth-order valence-corrected chi connectivity index (χ4v) is 6.41. The summed E-state index contributed by atoms with van der Waals surface area (Å²) in [5.41, 5.74) is 10.0. The van der Waals surface area contributed by atoms with Crippen molar-refractivity contribution in [1.82, 2.24) is 9.47 Å². The van der Waals surface area contributed by atoms with Crippen molar-refractivity contribution in [2.24, 2.45) is 7.05 Å². The zero-order valence-electron chi connectivity index (χ0n) is 24.5. The summed E-state index contributed by atoms with van der Waals surface area (Å²) in [4.78, 5) is 16.1. The Balaban J connectivity index is 1.76. The predicted octanol–water partition coefficient (Wildman–Crippen LogP) is 6.88. The van der Waals surface area contributed by atoms with E-state index in [0.717, 1.165) is 64.0 Å². The van der Waals surface area contributed by atoms with Crippen molar-refractivity contribution in [2.75, 3.05) is 26.9 Å². The van der Waals surface area contributed by atoms with Crippen molar-refractivity contribution in [1.29, 1.82) is 0 Å². The fraction of sp³-hybridized carbons (Fsp3) is 0.353. The van der Waals surface area contributed by atoms with Gasteiger partial charge in [0.15, 0.2) is 0 Å². The number of carbonyl (C=O) groups excluding carboxylic acids is 1. The third kappa shape index (κ3) is 5.58. The van der Waals surface area contributed by atoms with E-state index in [2.05, 4.69) is 53.9 Å². The Labute approximate surface area is 246 Å². The van der Waals surface area contributed by atoms with Gasteiger partial charge in [-0.25, -0.2) is 0 Å². The van der Waals surface area contributed by atoms with Crippen LogP contribution in [0.1, 0.15) is 51.2 Å². The first-order valence-electron chi connectivity index (χ1n) is 14.1. The molecule has 2 aliphatic rings. The summed E-state index contributed by atoms with van der Waals surface area (Å²) in [6, 6.07) is 8.22. The Hall–Kier alpha value is -3.77. The molecule has 6 nitrogen and oxygen atoms in total. The van der Waals surface area contributed by atoms with Crippen LogP contribution in [0.2, 0.25) is 0 Å². The molecule has 0 saturated carbocycles. The molecular formula is C34H38N2O4S. The molecule has 1 saturated heterocycles. The minimum atomic E-state index is -0.597. The number of rotatable bonds is 8. The Bertz CT molecular complexity index is 1570. The molecule has 0 spiro atoms. The maximum Gasteiger partial charge on any atom is 0.262 e. The maximum atomic E-state index is 14.3. The lowest BCUT2D eigenvalue weighted by Crippen LogP contribution is -2.48. The van der Waals surface area contributed by atoms with E-state index < -0.39 is 5.54 Å². The molecule has 1 aromatic carbocycles. The fourth-order valence-electron chi connectivity index (χ4n) is 5.80. The molecular weight excluding hydrogens is 532 g/mol. The number of hydrogen-bond donors (Lipinski definition) is 1. The molecule has 214 valence electrons. The second kappa shape index (κ2) is 12.0. The average Bonchev–Trinajstić information content (AvgIpc) is 3.74. The van der Waals surface area contributed by atoms with Crippen LogP contribution in [0.25, 0.3) is 22.8 Å². The first kappa shape index (κ1) is 28.7. The van der Waals surface area contributed by atoms with E-state index in [0.29, 0.717) is 17.9 Å². The summed E-state index contributed by atoms with van der Waals surface area (Å²) in [6.07, 6.45) is 10.5. The number of aliphatic hydroxyl groups is 1. The standard InChI is InChI=1S/C34H38N2O4S/c1-6-7-9-26(33(38)36-13-8-12-34(36,3)22-37)29-20-40-31-18-30(39-5)27(25-10-14-35(4)19-25)17-28(31)32(29)23(2)16-24-11-15-41-21-24/h7,10-11,14-19,21,37H,6,8,12-13,20,22H2,1-5H3. The number of allylic oxidation sites excluding steroid dienone is 2. The van der Waals surface area contributed by atoms with Gasteiger partial charge in [-0.15, -0.1) is 5.73 Å². The molecule has 1 unspecified atom stereocenters. The van der Waals surface area contributed by atoms with Crippen LogP contribution in [0.3, 0.4) is 0 Å². The second-order valence-corrected chi connectivity index (χ2v) is 11.8. The van der Waals surface area contributed by atoms with Gasteiger partial charge in [0.25, 0.3) is 5.91 Å². The molecule has 41 heavy (non-hydrogen) atoms. The molecule has 0 radical (unpaired) electrons. The topological polar surface area (TPSA) is 63.9 Å². The number of ether oxygens (including phenoxy) is 2. The van der Waals surface area contributed by atoms with Crippen LogP contribution in [-0.2, 0) is 11.8 Å². The zero-order chi connectivity index (χ0) is 29.1. The number of nitrogens with zero attached hydrogens (tertiary/aromatic N) is 2. The summed E-state index contributed by atoms with van der Waals surface area (Å²) in [7, 11) is 3.67. The smallest absolute Gasteiger partial charge is 0.262 e. The Morgan fingerprint density at radius 2 is 2.12 bits per heavy atom. The second-order valence-electron chi connectivity index (χ2n) is 11.0. The van der Waals surface area contributed by atoms with Gasteiger partial charge in [-0.3, -0.25) is 4.79 Å². The molecule has 1 fully saturated rings. The van der Waals surface area contributed by atoms with E-state index in [-0.39, 0.29) is 19.1 Å². The SMILES string of the molecule is CCC=C=C(C(=O)N1CCCC1(C)CO)C1=C(C(C)=Cc2ccsc2)c2cc(-c3ccn(C)c3)c(OC)cc2OC1. The van der Waals surface area contributed by atoms with Crippen LogP contribution < -0.4 is 9.47 Å². The number of carbonyl (C=O) groups is 1. The minimum Gasteiger partial charge on any atom is -0.496 e. The summed E-state index contributed by atoms with van der Waals surface area (Å²) in [6.45, 7) is 6.83. The van der Waals surface area contributed by atoms with Gasteiger partial charge in [0, 0.05) is 54.3 Å². The molecule has 1 atom stereocenters. The number of benzene rings is 1. The lowest BCUT2D eigenvalue weighted by atomic mass is 9.85. The van der Waals surface area contributed by atoms with Crippen molar-refractivity contribution in [2.45, 2.75) is 45.6 Å². The Kier molecular flexibility index (Phi) is 8.41. The van der Waals surface area contributed by atoms with E-state index in [1.165, 1.54) is 0 Å². The molecule has 2 aliphatic heterocycles. The Morgan fingerprint density at radius 1 is 1.29 bits per heavy atom. The molecule has 3 aromatic rings. The molecule has 4 heterocycles. The van der Waals surface area contributed by atoms with Crippen LogP contribution in [0.4, 0.5) is 0 Å². The zero-order valence-corrected chi connectivity index (χ0v) is 25.3. The van der Waals surface area contributed by atoms with Crippen LogP contribution >= 0.6 is 11.3 Å². The molecule has 1 amide bonds. The quantitative estimate of drug-likeness (QED) is 0.237. The van der Waals surface area contributed by atoms with E-state index in [1.54, 1.807) is 18.4 Å². The monoisotopic (exact) mass is 570 g/mol. The van der Waals surface area contributed by atoms with Gasteiger partial charge < -0.3 is 24.0 Å². The number of aromatic nitrogens is 1. The average molecular weight is 571 g/mol. The first-order valence-corrected chi connectivity index (χ1v) is 15.0. The van der Waals surface area contributed by atoms with Crippen LogP contribution in [-0.4, -0.2) is 52.9 Å². The normalized spacial score (nSPS) is 18.6. The highest BCUT2D eigenvalue weighted by Gasteiger charge is 2.41. The van der Waals surface area contributed by atoms with E-state index in [4.69, 9.17) is 9.47 Å². The third-order valence-corrected chi connectivity index (χ3v) is 8.71. The number of aliphatic hydroxyl groups excluding tert-OH is 1. The first-order chi connectivity index (χ1) is 19.8. The van der Waals surface area contributed by atoms with Crippen LogP contribution in [0.15, 0.2) is 75.9 Å². The molecule has 7 heteroatoms. The molecule has 2 aromatic heterocycles. The van der Waals surface area contributed by atoms with Gasteiger partial charge in [0.2, 0.25) is 0 Å². The van der Waals surface area contributed by atoms with E-state index >= 15 is 0 Å². The molecule has 1 N–H and O–H groups in total. The van der Waals surface area contributed by atoms with Gasteiger partial charge in [-0.05, 0) is 84.9 Å². The summed E-state index contributed by atoms with van der Waals surface area (Å²) >= 11 is 1.65. The van der Waals surface area contributed by atoms with Crippen molar-refractivity contribution in [3.8, 4) is 22.6 Å². The third-order valence-electron chi connectivity index (χ3n) is 8.01. The number of aryl methyl sites for hydroxylation is 1. The van der Waals surface area contributed by atoms with E-state index in [9.17, 15) is 9.90 Å². The number of amides is 1. The molecule has 0 aliphatic carbocycles. The van der Waals surface area contributed by atoms with Gasteiger partial charge in [0.05, 0.1) is 24.8 Å². The summed E-state index contributed by atoms with van der Waals surface area (Å²) in [5, 5.41) is 14.4. The van der Waals surface area contributed by atoms with Crippen molar-refractivity contribution >= 4 is 28.9 Å². The number of likely N-dealkylation sites (tertiary alicyclic amines) is 1.